The molecule has 0 atom stereocenters. The molecule has 0 aromatic carbocycles. The summed E-state index contributed by atoms with van der Waals surface area (Å²) >= 11 is -3.98. The summed E-state index contributed by atoms with van der Waals surface area (Å²) in [5, 5.41) is 25.8. The molecule has 0 amide bonds. The van der Waals surface area contributed by atoms with Crippen LogP contribution in [0.25, 0.3) is 0 Å². The number of hydrogen-bond donors (Lipinski definition) is 4. The molecular formula is C16H24Cl6Ga2N8. The van der Waals surface area contributed by atoms with Crippen molar-refractivity contribution < 1.29 is 0 Å². The molecule has 4 aromatic heterocycles. The number of aryl methyl sites for hydroxylation is 4. The molecule has 8 nitrogen and oxygen atoms in total. The number of aromatic amines is 4. The van der Waals surface area contributed by atoms with E-state index in [9.17, 15) is 0 Å². The number of nitrogens with zero attached hydrogens (tertiary/aromatic N) is 4. The van der Waals surface area contributed by atoms with Crippen molar-refractivity contribution in [3.05, 3.63) is 71.8 Å². The Kier molecular flexibility index (Phi) is 24.1. The van der Waals surface area contributed by atoms with E-state index >= 15 is 0 Å². The average Bonchev–Trinajstić information content (AvgIpc) is 3.47. The molecule has 176 valence electrons. The zero-order valence-corrected chi connectivity index (χ0v) is 27.2. The molecule has 0 radical (unpaired) electrons. The topological polar surface area (TPSA) is 115 Å². The standard InChI is InChI=1S/4C4H6N2.6ClH.2Ga/c4*1-4-2-3-5-6-4;;;;;;;;/h4*2-3H,1H3,(H,5,6);6*1H;;/q;;;;;;;;;;2*+3/p-6. The van der Waals surface area contributed by atoms with E-state index in [-0.39, 0.29) is 0 Å². The zero-order chi connectivity index (χ0) is 24.8. The minimum atomic E-state index is -3.24. The van der Waals surface area contributed by atoms with Crippen molar-refractivity contribution in [3.63, 3.8) is 0 Å². The third kappa shape index (κ3) is 32.0. The maximum atomic E-state index is 5.03. The predicted molar refractivity (Wildman–Crippen MR) is 140 cm³/mol. The van der Waals surface area contributed by atoms with Gasteiger partial charge in [0.25, 0.3) is 0 Å². The van der Waals surface area contributed by atoms with E-state index < -0.39 is 26.4 Å². The SMILES string of the molecule is Cc1ccn[nH]1.Cc1ccn[nH]1.Cc1ccn[nH]1.Cc1ccn[nH]1.[Cl][Ga+][Cl].[Cl][Ga-]([Cl])([Cl])[Cl]. The first kappa shape index (κ1) is 34.0. The Hall–Kier alpha value is -0.147. The predicted octanol–water partition coefficient (Wildman–Crippen LogP) is 6.25. The van der Waals surface area contributed by atoms with Crippen molar-refractivity contribution in [1.82, 2.24) is 40.8 Å². The van der Waals surface area contributed by atoms with Gasteiger partial charge in [0.1, 0.15) is 0 Å². The summed E-state index contributed by atoms with van der Waals surface area (Å²) in [6.07, 6.45) is 6.93. The van der Waals surface area contributed by atoms with E-state index in [0.717, 1.165) is 22.8 Å². The van der Waals surface area contributed by atoms with Crippen LogP contribution in [-0.2, 0) is 0 Å². The monoisotopic (exact) mass is 676 g/mol. The molecule has 4 aromatic rings. The van der Waals surface area contributed by atoms with Crippen LogP contribution in [0.2, 0.25) is 0 Å². The van der Waals surface area contributed by atoms with Crippen LogP contribution in [0.3, 0.4) is 0 Å². The van der Waals surface area contributed by atoms with E-state index in [2.05, 4.69) is 40.8 Å². The summed E-state index contributed by atoms with van der Waals surface area (Å²) < 4.78 is 0. The second-order valence-corrected chi connectivity index (χ2v) is 32.0. The van der Waals surface area contributed by atoms with Gasteiger partial charge < -0.3 is 0 Å². The fraction of sp³-hybridized carbons (Fsp3) is 0.250. The Morgan fingerprint density at radius 1 is 0.562 bits per heavy atom. The summed E-state index contributed by atoms with van der Waals surface area (Å²) in [5.74, 6) is 0. The molecule has 0 bridgehead atoms. The molecule has 0 aliphatic rings. The number of rotatable bonds is 0. The van der Waals surface area contributed by atoms with Gasteiger partial charge in [-0.1, -0.05) is 0 Å². The van der Waals surface area contributed by atoms with Crippen molar-refractivity contribution in [1.29, 1.82) is 0 Å². The molecule has 4 N–H and O–H groups in total. The van der Waals surface area contributed by atoms with Gasteiger partial charge in [-0.25, -0.2) is 0 Å². The normalized spacial score (nSPS) is 8.81. The molecule has 0 aliphatic carbocycles. The molecule has 16 heteroatoms. The van der Waals surface area contributed by atoms with Crippen molar-refractivity contribution in [3.8, 4) is 0 Å². The minimum absolute atomic E-state index is 0.743. The van der Waals surface area contributed by atoms with Crippen LogP contribution in [0.5, 0.6) is 0 Å². The number of H-pyrrole nitrogens is 4. The Morgan fingerprint density at radius 2 is 0.719 bits per heavy atom. The Bertz CT molecular complexity index is 688. The fourth-order valence-corrected chi connectivity index (χ4v) is 1.30. The number of nitrogens with one attached hydrogen (secondary N) is 4. The molecule has 4 rings (SSSR count). The Labute approximate surface area is 222 Å². The van der Waals surface area contributed by atoms with Crippen LogP contribution in [0, 0.1) is 27.7 Å². The molecule has 4 heterocycles. The molecule has 0 saturated carbocycles. The summed E-state index contributed by atoms with van der Waals surface area (Å²) in [7, 11) is 30.0. The quantitative estimate of drug-likeness (QED) is 0.165. The fourth-order valence-electron chi connectivity index (χ4n) is 1.30. The van der Waals surface area contributed by atoms with Gasteiger partial charge in [-0.2, -0.15) is 20.4 Å². The van der Waals surface area contributed by atoms with Crippen molar-refractivity contribution in [2.75, 3.05) is 0 Å². The molecule has 0 spiro atoms. The molecule has 32 heavy (non-hydrogen) atoms. The molecule has 0 fully saturated rings. The molecule has 0 unspecified atom stereocenters. The third-order valence-corrected chi connectivity index (χ3v) is 2.56. The Morgan fingerprint density at radius 3 is 0.750 bits per heavy atom. The van der Waals surface area contributed by atoms with Crippen LogP contribution in [0.15, 0.2) is 49.1 Å². The van der Waals surface area contributed by atoms with Crippen LogP contribution in [0.1, 0.15) is 22.8 Å². The van der Waals surface area contributed by atoms with Crippen molar-refractivity contribution in [2.24, 2.45) is 0 Å². The summed E-state index contributed by atoms with van der Waals surface area (Å²) in [4.78, 5) is 0. The second-order valence-electron chi connectivity index (χ2n) is 5.54. The van der Waals surface area contributed by atoms with Crippen LogP contribution >= 0.6 is 57.8 Å². The van der Waals surface area contributed by atoms with Gasteiger partial charge in [-0.15, -0.1) is 0 Å². The summed E-state index contributed by atoms with van der Waals surface area (Å²) in [5.41, 5.74) is 4.43. The number of aromatic nitrogens is 8. The first-order valence-corrected chi connectivity index (χ1v) is 27.8. The van der Waals surface area contributed by atoms with Gasteiger partial charge in [0, 0.05) is 47.6 Å². The van der Waals surface area contributed by atoms with Gasteiger partial charge >= 0.3 is 84.3 Å². The van der Waals surface area contributed by atoms with Gasteiger partial charge in [0.2, 0.25) is 0 Å². The molecule has 0 aliphatic heterocycles. The van der Waals surface area contributed by atoms with E-state index in [4.69, 9.17) is 57.8 Å². The van der Waals surface area contributed by atoms with Gasteiger partial charge in [-0.3, -0.25) is 20.4 Å². The molecular weight excluding hydrogens is 656 g/mol. The maximum absolute atomic E-state index is 5.03. The van der Waals surface area contributed by atoms with E-state index in [1.807, 2.05) is 52.0 Å². The number of hydrogen-bond acceptors (Lipinski definition) is 4. The van der Waals surface area contributed by atoms with E-state index in [1.165, 1.54) is 0 Å². The summed E-state index contributed by atoms with van der Waals surface area (Å²) in [6, 6.07) is 7.67. The van der Waals surface area contributed by atoms with E-state index in [1.54, 1.807) is 24.8 Å². The Balaban J connectivity index is 0. The summed E-state index contributed by atoms with van der Waals surface area (Å²) in [6.45, 7) is 7.86. The van der Waals surface area contributed by atoms with Gasteiger partial charge in [0.05, 0.1) is 0 Å². The number of halogens is 6. The van der Waals surface area contributed by atoms with Crippen LogP contribution < -0.4 is 0 Å². The average molecular weight is 681 g/mol. The van der Waals surface area contributed by atoms with Gasteiger partial charge in [0.15, 0.2) is 0 Å². The third-order valence-electron chi connectivity index (χ3n) is 2.56. The van der Waals surface area contributed by atoms with Gasteiger partial charge in [-0.05, 0) is 52.0 Å². The zero-order valence-electron chi connectivity index (χ0n) is 17.8. The van der Waals surface area contributed by atoms with Crippen molar-refractivity contribution in [2.45, 2.75) is 27.7 Å². The van der Waals surface area contributed by atoms with E-state index in [0.29, 0.717) is 0 Å². The first-order valence-electron chi connectivity index (χ1n) is 8.72. The van der Waals surface area contributed by atoms with Crippen LogP contribution in [0.4, 0.5) is 0 Å². The second kappa shape index (κ2) is 22.6. The van der Waals surface area contributed by atoms with Crippen molar-refractivity contribution >= 4 is 84.3 Å². The first-order chi connectivity index (χ1) is 15.0. The molecule has 0 saturated heterocycles. The van der Waals surface area contributed by atoms with Crippen LogP contribution in [-0.4, -0.2) is 67.2 Å².